The number of aryl methyl sites for hydroxylation is 1. The first-order valence-corrected chi connectivity index (χ1v) is 11.4. The van der Waals surface area contributed by atoms with Gasteiger partial charge in [-0.25, -0.2) is 4.98 Å². The summed E-state index contributed by atoms with van der Waals surface area (Å²) in [6, 6.07) is 8.21. The van der Waals surface area contributed by atoms with E-state index in [9.17, 15) is 18.0 Å². The van der Waals surface area contributed by atoms with E-state index in [-0.39, 0.29) is 29.7 Å². The second kappa shape index (κ2) is 12.5. The number of carbonyl (C=O) groups excluding carboxylic acids is 1. The Labute approximate surface area is 227 Å². The molecule has 0 spiro atoms. The molecule has 10 nitrogen and oxygen atoms in total. The van der Waals surface area contributed by atoms with E-state index in [0.29, 0.717) is 46.9 Å². The number of amides is 1. The summed E-state index contributed by atoms with van der Waals surface area (Å²) < 4.78 is 60.7. The third-order valence-electron chi connectivity index (χ3n) is 5.20. The lowest BCUT2D eigenvalue weighted by molar-refractivity contribution is -0.153. The fourth-order valence-corrected chi connectivity index (χ4v) is 3.52. The maximum atomic E-state index is 12.8. The maximum absolute atomic E-state index is 12.8. The van der Waals surface area contributed by atoms with Gasteiger partial charge in [-0.2, -0.15) is 18.3 Å². The minimum atomic E-state index is -4.56. The van der Waals surface area contributed by atoms with E-state index in [1.807, 2.05) is 6.92 Å². The van der Waals surface area contributed by atoms with Crippen molar-refractivity contribution in [2.24, 2.45) is 0 Å². The number of fused-ring (bicyclic) bond motifs is 1. The Bertz CT molecular complexity index is 1430. The lowest BCUT2D eigenvalue weighted by atomic mass is 10.2. The molecule has 0 aliphatic rings. The standard InChI is InChI=1S/C25H24F3N5O5.ClH/c1-4-9-33-13-21(37-14-25(26,27)28)23(32-33)24(34)31-22-6-5-15(12-30-22)38-18-7-8-29-17-11-20(36-3)19(35-2)10-16(17)18;/h5-8,10-13H,4,9,14H2,1-3H3,(H,30,31,34);1H. The number of methoxy groups -OCH3 is 2. The van der Waals surface area contributed by atoms with Gasteiger partial charge in [-0.05, 0) is 30.7 Å². The van der Waals surface area contributed by atoms with Crippen LogP contribution in [0.25, 0.3) is 10.9 Å². The average molecular weight is 568 g/mol. The summed E-state index contributed by atoms with van der Waals surface area (Å²) in [5.74, 6) is 0.991. The number of carbonyl (C=O) groups is 1. The molecule has 1 amide bonds. The van der Waals surface area contributed by atoms with E-state index < -0.39 is 18.7 Å². The van der Waals surface area contributed by atoms with Crippen molar-refractivity contribution in [3.63, 3.8) is 0 Å². The third kappa shape index (κ3) is 7.19. The minimum Gasteiger partial charge on any atom is -0.493 e. The molecular weight excluding hydrogens is 543 g/mol. The summed E-state index contributed by atoms with van der Waals surface area (Å²) in [6.45, 7) is 0.730. The molecule has 0 bridgehead atoms. The molecular formula is C25H25ClF3N5O5. The van der Waals surface area contributed by atoms with Gasteiger partial charge in [-0.15, -0.1) is 12.4 Å². The van der Waals surface area contributed by atoms with Gasteiger partial charge in [0.05, 0.1) is 32.1 Å². The summed E-state index contributed by atoms with van der Waals surface area (Å²) in [4.78, 5) is 21.3. The summed E-state index contributed by atoms with van der Waals surface area (Å²) in [5, 5.41) is 7.25. The van der Waals surface area contributed by atoms with Crippen LogP contribution in [0.4, 0.5) is 19.0 Å². The summed E-state index contributed by atoms with van der Waals surface area (Å²) in [7, 11) is 3.06. The van der Waals surface area contributed by atoms with Gasteiger partial charge in [-0.3, -0.25) is 14.5 Å². The zero-order valence-corrected chi connectivity index (χ0v) is 21.9. The highest BCUT2D eigenvalue weighted by atomic mass is 35.5. The molecule has 0 aliphatic heterocycles. The van der Waals surface area contributed by atoms with Gasteiger partial charge in [0.25, 0.3) is 5.91 Å². The predicted molar refractivity (Wildman–Crippen MR) is 138 cm³/mol. The molecule has 0 saturated heterocycles. The number of halogens is 4. The average Bonchev–Trinajstić information content (AvgIpc) is 3.31. The normalized spacial score (nSPS) is 11.0. The summed E-state index contributed by atoms with van der Waals surface area (Å²) in [6.07, 6.45) is 0.339. The number of benzene rings is 1. The number of aromatic nitrogens is 4. The number of nitrogens with zero attached hydrogens (tertiary/aromatic N) is 4. The zero-order valence-electron chi connectivity index (χ0n) is 21.1. The first-order chi connectivity index (χ1) is 18.2. The molecule has 208 valence electrons. The van der Waals surface area contributed by atoms with E-state index >= 15 is 0 Å². The number of nitrogens with one attached hydrogen (secondary N) is 1. The van der Waals surface area contributed by atoms with Gasteiger partial charge in [0.15, 0.2) is 29.5 Å². The molecule has 39 heavy (non-hydrogen) atoms. The molecule has 1 aromatic carbocycles. The van der Waals surface area contributed by atoms with E-state index in [1.165, 1.54) is 37.4 Å². The SMILES string of the molecule is CCCn1cc(OCC(F)(F)F)c(C(=O)Nc2ccc(Oc3ccnc4cc(OC)c(OC)cc34)cn2)n1.Cl. The molecule has 3 heterocycles. The second-order valence-corrected chi connectivity index (χ2v) is 7.98. The quantitative estimate of drug-likeness (QED) is 0.261. The van der Waals surface area contributed by atoms with E-state index in [2.05, 4.69) is 20.4 Å². The fourth-order valence-electron chi connectivity index (χ4n) is 3.52. The van der Waals surface area contributed by atoms with Crippen LogP contribution in [0, 0.1) is 0 Å². The highest BCUT2D eigenvalue weighted by Crippen LogP contribution is 2.36. The zero-order chi connectivity index (χ0) is 27.3. The Balaban J connectivity index is 0.00000420. The number of rotatable bonds is 10. The number of hydrogen-bond donors (Lipinski definition) is 1. The first-order valence-electron chi connectivity index (χ1n) is 11.4. The molecule has 0 saturated carbocycles. The number of hydrogen-bond acceptors (Lipinski definition) is 8. The van der Waals surface area contributed by atoms with Crippen molar-refractivity contribution in [1.29, 1.82) is 0 Å². The summed E-state index contributed by atoms with van der Waals surface area (Å²) in [5.41, 5.74) is 0.348. The van der Waals surface area contributed by atoms with Gasteiger partial charge in [0.2, 0.25) is 0 Å². The number of ether oxygens (including phenoxy) is 4. The van der Waals surface area contributed by atoms with Crippen LogP contribution in [0.5, 0.6) is 28.7 Å². The molecule has 0 aliphatic carbocycles. The van der Waals surface area contributed by atoms with Crippen LogP contribution in [0.2, 0.25) is 0 Å². The van der Waals surface area contributed by atoms with Crippen molar-refractivity contribution >= 4 is 35.0 Å². The Hall–Kier alpha value is -4.26. The number of pyridine rings is 2. The Morgan fingerprint density at radius 2 is 1.77 bits per heavy atom. The van der Waals surface area contributed by atoms with E-state index in [4.69, 9.17) is 18.9 Å². The van der Waals surface area contributed by atoms with Crippen molar-refractivity contribution in [2.75, 3.05) is 26.1 Å². The topological polar surface area (TPSA) is 110 Å². The lowest BCUT2D eigenvalue weighted by Crippen LogP contribution is -2.21. The molecule has 0 unspecified atom stereocenters. The highest BCUT2D eigenvalue weighted by Gasteiger charge is 2.30. The Morgan fingerprint density at radius 1 is 1.03 bits per heavy atom. The minimum absolute atomic E-state index is 0. The van der Waals surface area contributed by atoms with Gasteiger partial charge in [0, 0.05) is 24.2 Å². The second-order valence-electron chi connectivity index (χ2n) is 7.98. The van der Waals surface area contributed by atoms with E-state index in [0.717, 1.165) is 0 Å². The van der Waals surface area contributed by atoms with Crippen LogP contribution in [-0.4, -0.2) is 52.7 Å². The Morgan fingerprint density at radius 3 is 2.41 bits per heavy atom. The Kier molecular flexibility index (Phi) is 9.41. The number of alkyl halides is 3. The predicted octanol–water partition coefficient (Wildman–Crippen LogP) is 5.66. The molecule has 0 radical (unpaired) electrons. The molecule has 4 aromatic rings. The van der Waals surface area contributed by atoms with Gasteiger partial charge >= 0.3 is 6.18 Å². The molecule has 0 fully saturated rings. The van der Waals surface area contributed by atoms with Crippen LogP contribution in [0.15, 0.2) is 48.9 Å². The molecule has 14 heteroatoms. The van der Waals surface area contributed by atoms with Crippen LogP contribution in [0.3, 0.4) is 0 Å². The molecule has 1 N–H and O–H groups in total. The summed E-state index contributed by atoms with van der Waals surface area (Å²) >= 11 is 0. The third-order valence-corrected chi connectivity index (χ3v) is 5.20. The van der Waals surface area contributed by atoms with Crippen molar-refractivity contribution < 1.29 is 36.9 Å². The smallest absolute Gasteiger partial charge is 0.422 e. The van der Waals surface area contributed by atoms with Crippen molar-refractivity contribution in [3.8, 4) is 28.7 Å². The maximum Gasteiger partial charge on any atom is 0.422 e. The van der Waals surface area contributed by atoms with Crippen molar-refractivity contribution in [3.05, 3.63) is 54.6 Å². The molecule has 3 aromatic heterocycles. The largest absolute Gasteiger partial charge is 0.493 e. The van der Waals surface area contributed by atoms with E-state index in [1.54, 1.807) is 30.5 Å². The van der Waals surface area contributed by atoms with Crippen LogP contribution < -0.4 is 24.3 Å². The van der Waals surface area contributed by atoms with Crippen molar-refractivity contribution in [1.82, 2.24) is 19.7 Å². The highest BCUT2D eigenvalue weighted by molar-refractivity contribution is 6.04. The van der Waals surface area contributed by atoms with Crippen LogP contribution >= 0.6 is 12.4 Å². The van der Waals surface area contributed by atoms with Crippen LogP contribution in [0.1, 0.15) is 23.8 Å². The number of anilines is 1. The first kappa shape index (κ1) is 29.3. The fraction of sp³-hybridized carbons (Fsp3) is 0.280. The van der Waals surface area contributed by atoms with Crippen molar-refractivity contribution in [2.45, 2.75) is 26.1 Å². The molecule has 0 atom stereocenters. The van der Waals surface area contributed by atoms with Gasteiger partial charge in [-0.1, -0.05) is 6.92 Å². The van der Waals surface area contributed by atoms with Crippen LogP contribution in [-0.2, 0) is 6.54 Å². The van der Waals surface area contributed by atoms with Gasteiger partial charge < -0.3 is 24.3 Å². The lowest BCUT2D eigenvalue weighted by Gasteiger charge is -2.12. The van der Waals surface area contributed by atoms with Gasteiger partial charge in [0.1, 0.15) is 17.3 Å². The monoisotopic (exact) mass is 567 g/mol. The molecule has 4 rings (SSSR count).